The first kappa shape index (κ1) is 26.1. The van der Waals surface area contributed by atoms with E-state index >= 15 is 0 Å². The maximum atomic E-state index is 14.6. The Balaban J connectivity index is 1.58. The third-order valence-corrected chi connectivity index (χ3v) is 6.82. The molecule has 0 aliphatic carbocycles. The van der Waals surface area contributed by atoms with Crippen LogP contribution >= 0.6 is 0 Å². The van der Waals surface area contributed by atoms with Crippen molar-refractivity contribution in [2.75, 3.05) is 32.5 Å². The molecule has 3 N–H and O–H groups in total. The van der Waals surface area contributed by atoms with Gasteiger partial charge in [0.15, 0.2) is 5.82 Å². The highest BCUT2D eigenvalue weighted by Gasteiger charge is 2.15. The van der Waals surface area contributed by atoms with Crippen molar-refractivity contribution in [2.24, 2.45) is 7.05 Å². The second kappa shape index (κ2) is 10.7. The number of likely N-dealkylation sites (N-methyl/N-ethyl adjacent to an activating group) is 1. The molecule has 0 atom stereocenters. The molecule has 3 aromatic heterocycles. The fraction of sp³-hybridized carbons (Fsp3) is 0.233. The highest BCUT2D eigenvalue weighted by molar-refractivity contribution is 5.94. The highest BCUT2D eigenvalue weighted by Crippen LogP contribution is 2.31. The molecule has 9 heteroatoms. The SMILES string of the molecule is C=C(/C=c1/c(-c2nc3c(-c4cc(F)cc(NCCN(C)C)c4)cccc3[nH]2)n[nH]/c1=C/C)c1cnc(C)n1C. The van der Waals surface area contributed by atoms with Crippen molar-refractivity contribution in [3.63, 3.8) is 0 Å². The van der Waals surface area contributed by atoms with Gasteiger partial charge in [0, 0.05) is 36.6 Å². The number of nitrogens with zero attached hydrogens (tertiary/aromatic N) is 5. The quantitative estimate of drug-likeness (QED) is 0.285. The van der Waals surface area contributed by atoms with Crippen molar-refractivity contribution in [1.82, 2.24) is 34.6 Å². The zero-order chi connectivity index (χ0) is 27.7. The summed E-state index contributed by atoms with van der Waals surface area (Å²) in [6, 6.07) is 10.9. The molecule has 8 nitrogen and oxygen atoms in total. The van der Waals surface area contributed by atoms with Crippen molar-refractivity contribution in [3.8, 4) is 22.6 Å². The monoisotopic (exact) mass is 524 g/mol. The van der Waals surface area contributed by atoms with Crippen LogP contribution in [0.2, 0.25) is 0 Å². The van der Waals surface area contributed by atoms with Gasteiger partial charge in [0.25, 0.3) is 0 Å². The fourth-order valence-electron chi connectivity index (χ4n) is 4.61. The van der Waals surface area contributed by atoms with Gasteiger partial charge in [-0.15, -0.1) is 0 Å². The molecular weight excluding hydrogens is 491 g/mol. The zero-order valence-corrected chi connectivity index (χ0v) is 22.9. The molecule has 0 saturated carbocycles. The third kappa shape index (κ3) is 5.26. The second-order valence-corrected chi connectivity index (χ2v) is 9.85. The average Bonchev–Trinajstić information content (AvgIpc) is 3.60. The number of allylic oxidation sites excluding steroid dienone is 1. The molecule has 0 unspecified atom stereocenters. The molecule has 5 aromatic rings. The number of aromatic amines is 2. The van der Waals surface area contributed by atoms with E-state index < -0.39 is 0 Å². The van der Waals surface area contributed by atoms with Gasteiger partial charge in [0.2, 0.25) is 0 Å². The van der Waals surface area contributed by atoms with Gasteiger partial charge in [0.05, 0.1) is 28.3 Å². The minimum absolute atomic E-state index is 0.302. The number of imidazole rings is 2. The minimum atomic E-state index is -0.302. The van der Waals surface area contributed by atoms with Crippen LogP contribution in [0.25, 0.3) is 51.4 Å². The van der Waals surface area contributed by atoms with E-state index in [0.717, 1.165) is 62.1 Å². The topological polar surface area (TPSA) is 90.4 Å². The normalized spacial score (nSPS) is 12.7. The number of rotatable bonds is 8. The maximum Gasteiger partial charge on any atom is 0.159 e. The van der Waals surface area contributed by atoms with Crippen LogP contribution in [0.4, 0.5) is 10.1 Å². The molecular formula is C30H33FN8. The van der Waals surface area contributed by atoms with Crippen LogP contribution in [0.3, 0.4) is 0 Å². The molecule has 0 aliphatic rings. The number of nitrogens with one attached hydrogen (secondary N) is 3. The molecule has 0 spiro atoms. The molecule has 5 rings (SSSR count). The van der Waals surface area contributed by atoms with E-state index in [-0.39, 0.29) is 5.82 Å². The van der Waals surface area contributed by atoms with Crippen LogP contribution in [-0.4, -0.2) is 61.8 Å². The van der Waals surface area contributed by atoms with Crippen molar-refractivity contribution in [2.45, 2.75) is 13.8 Å². The summed E-state index contributed by atoms with van der Waals surface area (Å²) in [6.07, 6.45) is 5.78. The summed E-state index contributed by atoms with van der Waals surface area (Å²) in [5, 5.41) is 12.8. The lowest BCUT2D eigenvalue weighted by molar-refractivity contribution is 0.425. The number of hydrogen-bond donors (Lipinski definition) is 3. The van der Waals surface area contributed by atoms with Crippen molar-refractivity contribution < 1.29 is 4.39 Å². The average molecular weight is 525 g/mol. The standard InChI is InChI=1S/C30H33FN8/c1-7-25-24(13-18(2)27-17-33-19(3)39(27)6)29(37-36-25)30-34-26-10-8-9-23(28(26)35-30)20-14-21(31)16-22(15-20)32-11-12-38(4)5/h7-10,13-17,32,36H,2,11-12H2,1,3-6H3,(H,34,35)/b24-13+,25-7+. The van der Waals surface area contributed by atoms with E-state index in [1.807, 2.05) is 82.2 Å². The van der Waals surface area contributed by atoms with Gasteiger partial charge in [0.1, 0.15) is 17.3 Å². The fourth-order valence-corrected chi connectivity index (χ4v) is 4.61. The first-order chi connectivity index (χ1) is 18.7. The lowest BCUT2D eigenvalue weighted by Crippen LogP contribution is -2.23. The number of para-hydroxylation sites is 1. The first-order valence-electron chi connectivity index (χ1n) is 12.8. The Bertz CT molecular complexity index is 1790. The molecule has 0 bridgehead atoms. The Kier molecular flexibility index (Phi) is 7.17. The molecule has 3 heterocycles. The number of anilines is 1. The van der Waals surface area contributed by atoms with E-state index in [0.29, 0.717) is 18.1 Å². The Morgan fingerprint density at radius 1 is 1.23 bits per heavy atom. The number of halogens is 1. The largest absolute Gasteiger partial charge is 0.384 e. The van der Waals surface area contributed by atoms with Gasteiger partial charge in [-0.3, -0.25) is 5.10 Å². The number of hydrogen-bond acceptors (Lipinski definition) is 5. The smallest absolute Gasteiger partial charge is 0.159 e. The number of H-pyrrole nitrogens is 2. The van der Waals surface area contributed by atoms with Crippen LogP contribution in [0.5, 0.6) is 0 Å². The first-order valence-corrected chi connectivity index (χ1v) is 12.8. The van der Waals surface area contributed by atoms with Gasteiger partial charge in [-0.2, -0.15) is 5.10 Å². The Labute approximate surface area is 226 Å². The van der Waals surface area contributed by atoms with Gasteiger partial charge < -0.3 is 19.8 Å². The predicted octanol–water partition coefficient (Wildman–Crippen LogP) is 4.07. The van der Waals surface area contributed by atoms with Crippen LogP contribution in [0, 0.1) is 12.7 Å². The molecule has 39 heavy (non-hydrogen) atoms. The summed E-state index contributed by atoms with van der Waals surface area (Å²) in [7, 11) is 5.98. The zero-order valence-electron chi connectivity index (χ0n) is 22.9. The highest BCUT2D eigenvalue weighted by atomic mass is 19.1. The van der Waals surface area contributed by atoms with Crippen molar-refractivity contribution >= 4 is 34.4 Å². The Morgan fingerprint density at radius 3 is 2.77 bits per heavy atom. The molecule has 200 valence electrons. The summed E-state index contributed by atoms with van der Waals surface area (Å²) in [5.74, 6) is 1.22. The predicted molar refractivity (Wildman–Crippen MR) is 157 cm³/mol. The third-order valence-electron chi connectivity index (χ3n) is 6.82. The molecule has 0 fully saturated rings. The van der Waals surface area contributed by atoms with Crippen LogP contribution < -0.4 is 15.9 Å². The molecule has 0 radical (unpaired) electrons. The minimum Gasteiger partial charge on any atom is -0.384 e. The number of fused-ring (bicyclic) bond motifs is 1. The van der Waals surface area contributed by atoms with Crippen LogP contribution in [-0.2, 0) is 7.05 Å². The van der Waals surface area contributed by atoms with Crippen molar-refractivity contribution in [3.05, 3.63) is 77.1 Å². The summed E-state index contributed by atoms with van der Waals surface area (Å²) in [4.78, 5) is 14.8. The maximum absolute atomic E-state index is 14.6. The van der Waals surface area contributed by atoms with E-state index in [9.17, 15) is 4.39 Å². The molecule has 0 amide bonds. The van der Waals surface area contributed by atoms with E-state index in [1.165, 1.54) is 12.1 Å². The number of aryl methyl sites for hydroxylation is 1. The van der Waals surface area contributed by atoms with Crippen LogP contribution in [0.15, 0.2) is 49.2 Å². The Morgan fingerprint density at radius 2 is 2.05 bits per heavy atom. The lowest BCUT2D eigenvalue weighted by atomic mass is 10.0. The summed E-state index contributed by atoms with van der Waals surface area (Å²) in [6.45, 7) is 9.75. The van der Waals surface area contributed by atoms with E-state index in [4.69, 9.17) is 4.98 Å². The van der Waals surface area contributed by atoms with Gasteiger partial charge in [-0.1, -0.05) is 24.8 Å². The molecule has 0 saturated heterocycles. The van der Waals surface area contributed by atoms with Gasteiger partial charge >= 0.3 is 0 Å². The van der Waals surface area contributed by atoms with Crippen LogP contribution in [0.1, 0.15) is 18.4 Å². The van der Waals surface area contributed by atoms with Gasteiger partial charge in [-0.25, -0.2) is 14.4 Å². The molecule has 2 aromatic carbocycles. The lowest BCUT2D eigenvalue weighted by Gasteiger charge is -2.13. The van der Waals surface area contributed by atoms with E-state index in [1.54, 1.807) is 0 Å². The van der Waals surface area contributed by atoms with Gasteiger partial charge in [-0.05, 0) is 69.4 Å². The molecule has 0 aliphatic heterocycles. The summed E-state index contributed by atoms with van der Waals surface area (Å²) < 4.78 is 16.6. The summed E-state index contributed by atoms with van der Waals surface area (Å²) in [5.41, 5.74) is 6.32. The van der Waals surface area contributed by atoms with E-state index in [2.05, 4.69) is 37.0 Å². The number of benzene rings is 2. The number of aromatic nitrogens is 6. The Hall–Kier alpha value is -4.50. The second-order valence-electron chi connectivity index (χ2n) is 9.85. The summed E-state index contributed by atoms with van der Waals surface area (Å²) >= 11 is 0. The van der Waals surface area contributed by atoms with Crippen molar-refractivity contribution in [1.29, 1.82) is 0 Å².